The van der Waals surface area contributed by atoms with Crippen molar-refractivity contribution in [2.75, 3.05) is 7.11 Å². The van der Waals surface area contributed by atoms with Crippen LogP contribution in [-0.2, 0) is 0 Å². The minimum Gasteiger partial charge on any atom is -0.496 e. The Morgan fingerprint density at radius 1 is 1.47 bits per heavy atom. The van der Waals surface area contributed by atoms with Crippen LogP contribution in [-0.4, -0.2) is 13.2 Å². The highest BCUT2D eigenvalue weighted by Crippen LogP contribution is 2.46. The van der Waals surface area contributed by atoms with Gasteiger partial charge in [0.15, 0.2) is 0 Å². The number of nitrogens with one attached hydrogen (secondary N) is 1. The molecule has 0 aliphatic heterocycles. The van der Waals surface area contributed by atoms with Crippen molar-refractivity contribution in [2.24, 2.45) is 5.41 Å². The first-order valence-electron chi connectivity index (χ1n) is 6.04. The maximum absolute atomic E-state index is 13.8. The molecular formula is C14H20FNO. The topological polar surface area (TPSA) is 21.3 Å². The number of halogens is 1. The lowest BCUT2D eigenvalue weighted by molar-refractivity contribution is 0.389. The molecule has 1 aromatic carbocycles. The fraction of sp³-hybridized carbons (Fsp3) is 0.571. The molecule has 0 heterocycles. The van der Waals surface area contributed by atoms with Crippen molar-refractivity contribution in [3.05, 3.63) is 29.6 Å². The molecule has 1 aliphatic rings. The van der Waals surface area contributed by atoms with E-state index in [1.807, 2.05) is 6.92 Å². The molecule has 0 amide bonds. The van der Waals surface area contributed by atoms with Crippen LogP contribution in [0.15, 0.2) is 18.2 Å². The Labute approximate surface area is 102 Å². The number of ether oxygens (including phenoxy) is 1. The molecule has 0 saturated heterocycles. The van der Waals surface area contributed by atoms with Crippen molar-refractivity contribution in [3.8, 4) is 5.75 Å². The van der Waals surface area contributed by atoms with E-state index in [9.17, 15) is 4.39 Å². The van der Waals surface area contributed by atoms with Crippen LogP contribution in [0.1, 0.15) is 38.8 Å². The molecule has 1 saturated carbocycles. The molecule has 1 fully saturated rings. The van der Waals surface area contributed by atoms with Crippen LogP contribution in [0.2, 0.25) is 0 Å². The van der Waals surface area contributed by atoms with Crippen molar-refractivity contribution in [2.45, 2.75) is 39.3 Å². The number of methoxy groups -OCH3 is 1. The van der Waals surface area contributed by atoms with Gasteiger partial charge in [0.05, 0.1) is 7.11 Å². The summed E-state index contributed by atoms with van der Waals surface area (Å²) in [6, 6.07) is 5.40. The molecule has 0 spiro atoms. The number of hydrogen-bond acceptors (Lipinski definition) is 2. The van der Waals surface area contributed by atoms with Gasteiger partial charge in [-0.3, -0.25) is 0 Å². The summed E-state index contributed by atoms with van der Waals surface area (Å²) in [4.78, 5) is 0. The summed E-state index contributed by atoms with van der Waals surface area (Å²) in [5.74, 6) is 0.409. The first kappa shape index (κ1) is 12.4. The van der Waals surface area contributed by atoms with Gasteiger partial charge in [-0.25, -0.2) is 4.39 Å². The molecule has 2 rings (SSSR count). The van der Waals surface area contributed by atoms with Gasteiger partial charge >= 0.3 is 0 Å². The lowest BCUT2D eigenvalue weighted by atomic mass is 10.1. The lowest BCUT2D eigenvalue weighted by Crippen LogP contribution is -2.25. The molecule has 2 nitrogen and oxygen atoms in total. The largest absolute Gasteiger partial charge is 0.496 e. The van der Waals surface area contributed by atoms with Crippen molar-refractivity contribution in [1.82, 2.24) is 5.32 Å². The van der Waals surface area contributed by atoms with E-state index in [0.717, 1.165) is 6.42 Å². The van der Waals surface area contributed by atoms with Crippen molar-refractivity contribution in [3.63, 3.8) is 0 Å². The molecule has 1 aromatic rings. The van der Waals surface area contributed by atoms with E-state index >= 15 is 0 Å². The lowest BCUT2D eigenvalue weighted by Gasteiger charge is -2.19. The average Bonchev–Trinajstić information content (AvgIpc) is 2.85. The molecule has 94 valence electrons. The number of hydrogen-bond donors (Lipinski definition) is 1. The third-order valence-electron chi connectivity index (χ3n) is 3.63. The molecular weight excluding hydrogens is 217 g/mol. The predicted octanol–water partition coefficient (Wildman–Crippen LogP) is 3.28. The maximum Gasteiger partial charge on any atom is 0.131 e. The first-order valence-corrected chi connectivity index (χ1v) is 6.04. The molecule has 17 heavy (non-hydrogen) atoms. The molecule has 2 atom stereocenters. The Bertz CT molecular complexity index is 417. The Kier molecular flexibility index (Phi) is 3.13. The summed E-state index contributed by atoms with van der Waals surface area (Å²) in [7, 11) is 1.58. The zero-order chi connectivity index (χ0) is 12.6. The van der Waals surface area contributed by atoms with E-state index in [-0.39, 0.29) is 11.9 Å². The van der Waals surface area contributed by atoms with Gasteiger partial charge in [0, 0.05) is 17.6 Å². The van der Waals surface area contributed by atoms with Crippen LogP contribution in [0, 0.1) is 11.2 Å². The Hall–Kier alpha value is -1.09. The summed E-state index contributed by atoms with van der Waals surface area (Å²) in [5.41, 5.74) is 0.963. The van der Waals surface area contributed by atoms with E-state index in [2.05, 4.69) is 19.2 Å². The number of benzene rings is 1. The zero-order valence-corrected chi connectivity index (χ0v) is 10.9. The number of rotatable bonds is 4. The fourth-order valence-corrected chi connectivity index (χ4v) is 2.25. The fourth-order valence-electron chi connectivity index (χ4n) is 2.25. The smallest absolute Gasteiger partial charge is 0.131 e. The Morgan fingerprint density at radius 3 is 2.65 bits per heavy atom. The third kappa shape index (κ3) is 2.44. The molecule has 2 unspecified atom stereocenters. The highest BCUT2D eigenvalue weighted by atomic mass is 19.1. The molecule has 1 N–H and O–H groups in total. The van der Waals surface area contributed by atoms with Crippen LogP contribution < -0.4 is 10.1 Å². The first-order chi connectivity index (χ1) is 7.95. The maximum atomic E-state index is 13.8. The Morgan fingerprint density at radius 2 is 2.12 bits per heavy atom. The SMILES string of the molecule is COc1cccc(F)c1C(C)NC1CC1(C)C. The molecule has 0 radical (unpaired) electrons. The quantitative estimate of drug-likeness (QED) is 0.867. The summed E-state index contributed by atoms with van der Waals surface area (Å²) < 4.78 is 19.1. The molecule has 0 aromatic heterocycles. The van der Waals surface area contributed by atoms with Crippen LogP contribution >= 0.6 is 0 Å². The molecule has 3 heteroatoms. The van der Waals surface area contributed by atoms with Gasteiger partial charge < -0.3 is 10.1 Å². The van der Waals surface area contributed by atoms with Crippen molar-refractivity contribution in [1.29, 1.82) is 0 Å². The van der Waals surface area contributed by atoms with Crippen molar-refractivity contribution >= 4 is 0 Å². The van der Waals surface area contributed by atoms with Gasteiger partial charge in [0.1, 0.15) is 11.6 Å². The van der Waals surface area contributed by atoms with Crippen LogP contribution in [0.5, 0.6) is 5.75 Å². The van der Waals surface area contributed by atoms with Gasteiger partial charge in [-0.15, -0.1) is 0 Å². The standard InChI is InChI=1S/C14H20FNO/c1-9(16-12-8-14(12,2)3)13-10(15)6-5-7-11(13)17-4/h5-7,9,12,16H,8H2,1-4H3. The highest BCUT2D eigenvalue weighted by molar-refractivity contribution is 5.37. The monoisotopic (exact) mass is 237 g/mol. The third-order valence-corrected chi connectivity index (χ3v) is 3.63. The normalized spacial score (nSPS) is 23.2. The second-order valence-electron chi connectivity index (χ2n) is 5.49. The van der Waals surface area contributed by atoms with Crippen LogP contribution in [0.4, 0.5) is 4.39 Å². The van der Waals surface area contributed by atoms with E-state index < -0.39 is 0 Å². The van der Waals surface area contributed by atoms with E-state index in [1.54, 1.807) is 19.2 Å². The average molecular weight is 237 g/mol. The summed E-state index contributed by atoms with van der Waals surface area (Å²) in [5, 5.41) is 3.46. The second-order valence-corrected chi connectivity index (χ2v) is 5.49. The predicted molar refractivity (Wildman–Crippen MR) is 66.7 cm³/mol. The minimum atomic E-state index is -0.206. The molecule has 1 aliphatic carbocycles. The highest BCUT2D eigenvalue weighted by Gasteiger charge is 2.46. The van der Waals surface area contributed by atoms with Gasteiger partial charge in [-0.05, 0) is 30.9 Å². The van der Waals surface area contributed by atoms with Gasteiger partial charge in [0.25, 0.3) is 0 Å². The van der Waals surface area contributed by atoms with Crippen LogP contribution in [0.3, 0.4) is 0 Å². The molecule has 0 bridgehead atoms. The Balaban J connectivity index is 2.16. The van der Waals surface area contributed by atoms with Crippen molar-refractivity contribution < 1.29 is 9.13 Å². The van der Waals surface area contributed by atoms with E-state index in [4.69, 9.17) is 4.74 Å². The van der Waals surface area contributed by atoms with Gasteiger partial charge in [0.2, 0.25) is 0 Å². The summed E-state index contributed by atoms with van der Waals surface area (Å²) >= 11 is 0. The summed E-state index contributed by atoms with van der Waals surface area (Å²) in [6.07, 6.45) is 1.15. The summed E-state index contributed by atoms with van der Waals surface area (Å²) in [6.45, 7) is 6.42. The van der Waals surface area contributed by atoms with Gasteiger partial charge in [-0.1, -0.05) is 19.9 Å². The second kappa shape index (κ2) is 4.30. The minimum absolute atomic E-state index is 0.0297. The van der Waals surface area contributed by atoms with E-state index in [1.165, 1.54) is 6.07 Å². The van der Waals surface area contributed by atoms with Crippen LogP contribution in [0.25, 0.3) is 0 Å². The zero-order valence-electron chi connectivity index (χ0n) is 10.9. The van der Waals surface area contributed by atoms with E-state index in [0.29, 0.717) is 22.8 Å². The van der Waals surface area contributed by atoms with Gasteiger partial charge in [-0.2, -0.15) is 0 Å².